The van der Waals surface area contributed by atoms with Crippen molar-refractivity contribution in [1.29, 1.82) is 0 Å². The Bertz CT molecular complexity index is 2260. The van der Waals surface area contributed by atoms with E-state index in [0.29, 0.717) is 28.9 Å². The van der Waals surface area contributed by atoms with Crippen LogP contribution in [-0.4, -0.2) is 70.6 Å². The molecule has 1 N–H and O–H groups in total. The number of rotatable bonds is 4. The van der Waals surface area contributed by atoms with Crippen LogP contribution in [0.3, 0.4) is 0 Å². The molecule has 1 unspecified atom stereocenters. The summed E-state index contributed by atoms with van der Waals surface area (Å²) in [5.41, 5.74) is 7.82. The van der Waals surface area contributed by atoms with Crippen molar-refractivity contribution < 1.29 is 9.53 Å². The molecular formula is C46H52ClN5O3. The first-order valence-electron chi connectivity index (χ1n) is 21.3. The fourth-order valence-corrected chi connectivity index (χ4v) is 12.6. The molecule has 6 heterocycles. The highest BCUT2D eigenvalue weighted by Gasteiger charge is 2.48. The van der Waals surface area contributed by atoms with Crippen molar-refractivity contribution in [3.8, 4) is 11.4 Å². The van der Waals surface area contributed by atoms with Gasteiger partial charge in [0.15, 0.2) is 0 Å². The van der Waals surface area contributed by atoms with Gasteiger partial charge in [0.2, 0.25) is 0 Å². The van der Waals surface area contributed by atoms with Crippen molar-refractivity contribution in [2.24, 2.45) is 5.92 Å². The van der Waals surface area contributed by atoms with Gasteiger partial charge in [0.05, 0.1) is 33.6 Å². The van der Waals surface area contributed by atoms with Gasteiger partial charge in [-0.3, -0.25) is 19.1 Å². The maximum Gasteiger partial charge on any atom is 0.282 e. The molecule has 9 heteroatoms. The number of likely N-dealkylation sites (tertiary alicyclic amines) is 2. The molecule has 1 aromatic heterocycles. The minimum Gasteiger partial charge on any atom is -0.492 e. The number of fused-ring (bicyclic) bond motifs is 11. The van der Waals surface area contributed by atoms with Crippen LogP contribution in [0.4, 0.5) is 0 Å². The third-order valence-corrected chi connectivity index (χ3v) is 15.7. The largest absolute Gasteiger partial charge is 0.492 e. The van der Waals surface area contributed by atoms with Crippen LogP contribution in [0.15, 0.2) is 53.3 Å². The van der Waals surface area contributed by atoms with E-state index in [9.17, 15) is 9.59 Å². The molecule has 11 rings (SSSR count). The summed E-state index contributed by atoms with van der Waals surface area (Å²) >= 11 is 6.65. The first-order chi connectivity index (χ1) is 26.9. The molecule has 1 amide bonds. The minimum absolute atomic E-state index is 0.0311. The average molecular weight is 758 g/mol. The summed E-state index contributed by atoms with van der Waals surface area (Å²) in [4.78, 5) is 36.1. The second-order valence-electron chi connectivity index (χ2n) is 18.2. The highest BCUT2D eigenvalue weighted by atomic mass is 35.5. The van der Waals surface area contributed by atoms with Gasteiger partial charge in [-0.2, -0.15) is 4.98 Å². The molecule has 1 atom stereocenters. The number of aromatic nitrogens is 2. The highest BCUT2D eigenvalue weighted by Crippen LogP contribution is 2.53. The molecule has 8 nitrogen and oxygen atoms in total. The number of halogens is 1. The monoisotopic (exact) mass is 757 g/mol. The Labute approximate surface area is 328 Å². The Morgan fingerprint density at radius 3 is 2.53 bits per heavy atom. The smallest absolute Gasteiger partial charge is 0.282 e. The van der Waals surface area contributed by atoms with Crippen LogP contribution in [-0.2, 0) is 17.4 Å². The van der Waals surface area contributed by atoms with E-state index < -0.39 is 0 Å². The number of benzene rings is 3. The van der Waals surface area contributed by atoms with E-state index in [0.717, 1.165) is 98.9 Å². The lowest BCUT2D eigenvalue weighted by Gasteiger charge is -2.43. The van der Waals surface area contributed by atoms with Gasteiger partial charge in [-0.15, -0.1) is 0 Å². The third kappa shape index (κ3) is 5.40. The summed E-state index contributed by atoms with van der Waals surface area (Å²) in [5.74, 6) is 3.25. The zero-order chi connectivity index (χ0) is 36.9. The molecule has 3 aromatic carbocycles. The number of piperidine rings is 2. The van der Waals surface area contributed by atoms with E-state index in [1.54, 1.807) is 0 Å². The minimum atomic E-state index is -0.196. The molecule has 4 fully saturated rings. The average Bonchev–Trinajstić information content (AvgIpc) is 3.86. The predicted octanol–water partition coefficient (Wildman–Crippen LogP) is 8.01. The van der Waals surface area contributed by atoms with E-state index in [2.05, 4.69) is 50.0 Å². The van der Waals surface area contributed by atoms with Crippen LogP contribution >= 0.6 is 11.6 Å². The Morgan fingerprint density at radius 1 is 0.873 bits per heavy atom. The standard InChI is InChI=1S/C46H52ClN5O3/c47-37-7-4-8-38-40(37)43(54)49-44-46(17-2-1-3-18-46)35-15-11-30(24-39(35)52(38)44)31-6-5-21-51(27-31)32-12-9-29(10-13-32)26-50-22-19-45(20-23-50)28-55-41-34-25-48-42(53)33(34)14-16-36(41)45/h4,7-8,11,14-16,24,29,31-32H,1-3,5-6,9-10,12-13,17-23,25-28H2,(H,48,53). The number of carbonyl (C=O) groups is 1. The summed E-state index contributed by atoms with van der Waals surface area (Å²) in [5, 5.41) is 4.00. The Balaban J connectivity index is 0.757. The van der Waals surface area contributed by atoms with Gasteiger partial charge in [-0.1, -0.05) is 55.1 Å². The van der Waals surface area contributed by atoms with Crippen LogP contribution in [0.25, 0.3) is 16.6 Å². The molecule has 2 spiro atoms. The lowest BCUT2D eigenvalue weighted by atomic mass is 9.69. The zero-order valence-electron chi connectivity index (χ0n) is 31.9. The molecular weight excluding hydrogens is 706 g/mol. The van der Waals surface area contributed by atoms with Gasteiger partial charge in [0.1, 0.15) is 11.6 Å². The van der Waals surface area contributed by atoms with E-state index in [4.69, 9.17) is 21.3 Å². The van der Waals surface area contributed by atoms with Crippen molar-refractivity contribution in [2.45, 2.75) is 113 Å². The van der Waals surface area contributed by atoms with Crippen molar-refractivity contribution in [3.63, 3.8) is 0 Å². The lowest BCUT2D eigenvalue weighted by Crippen LogP contribution is -2.47. The molecule has 4 aromatic rings. The van der Waals surface area contributed by atoms with Crippen molar-refractivity contribution in [3.05, 3.63) is 97.5 Å². The first-order valence-corrected chi connectivity index (χ1v) is 21.7. The van der Waals surface area contributed by atoms with Crippen molar-refractivity contribution in [1.82, 2.24) is 24.7 Å². The van der Waals surface area contributed by atoms with E-state index in [1.807, 2.05) is 18.2 Å². The molecule has 0 bridgehead atoms. The SMILES string of the molecule is O=C1NCc2c1ccc1c2OCC12CCN(CC1CCC(N3CCCC(c4ccc5c(c4)-n4c(nc(=O)c6c(Cl)cccc64)C54CCCCC4)C3)CC1)CC2. The number of nitrogens with zero attached hydrogens (tertiary/aromatic N) is 4. The second kappa shape index (κ2) is 13.2. The topological polar surface area (TPSA) is 79.7 Å². The molecule has 7 aliphatic rings. The quantitative estimate of drug-likeness (QED) is 0.227. The Hall–Kier alpha value is -3.72. The van der Waals surface area contributed by atoms with Gasteiger partial charge in [0.25, 0.3) is 11.5 Å². The number of nitrogens with one attached hydrogen (secondary N) is 1. The number of hydrogen-bond donors (Lipinski definition) is 1. The van der Waals surface area contributed by atoms with Crippen LogP contribution in [0.2, 0.25) is 5.02 Å². The highest BCUT2D eigenvalue weighted by molar-refractivity contribution is 6.35. The van der Waals surface area contributed by atoms with E-state index in [1.165, 1.54) is 80.4 Å². The van der Waals surface area contributed by atoms with Crippen LogP contribution in [0.5, 0.6) is 5.75 Å². The molecule has 2 saturated carbocycles. The lowest BCUT2D eigenvalue weighted by molar-refractivity contribution is 0.0795. The summed E-state index contributed by atoms with van der Waals surface area (Å²) in [6.45, 7) is 7.18. The number of ether oxygens (including phenoxy) is 1. The van der Waals surface area contributed by atoms with Crippen molar-refractivity contribution in [2.75, 3.05) is 39.3 Å². The Kier molecular flexibility index (Phi) is 8.27. The van der Waals surface area contributed by atoms with Gasteiger partial charge in [0, 0.05) is 47.8 Å². The molecule has 2 aliphatic carbocycles. The van der Waals surface area contributed by atoms with Crippen LogP contribution in [0, 0.1) is 5.92 Å². The third-order valence-electron chi connectivity index (χ3n) is 15.4. The summed E-state index contributed by atoms with van der Waals surface area (Å²) in [6.07, 6.45) is 15.7. The van der Waals surface area contributed by atoms with E-state index in [-0.39, 0.29) is 22.3 Å². The first kappa shape index (κ1) is 34.5. The fourth-order valence-electron chi connectivity index (χ4n) is 12.3. The summed E-state index contributed by atoms with van der Waals surface area (Å²) in [7, 11) is 0. The molecule has 55 heavy (non-hydrogen) atoms. The van der Waals surface area contributed by atoms with Gasteiger partial charge in [-0.25, -0.2) is 0 Å². The van der Waals surface area contributed by atoms with Crippen LogP contribution < -0.4 is 15.6 Å². The summed E-state index contributed by atoms with van der Waals surface area (Å²) < 4.78 is 8.63. The number of carbonyl (C=O) groups excluding carboxylic acids is 1. The van der Waals surface area contributed by atoms with Crippen LogP contribution in [0.1, 0.15) is 128 Å². The summed E-state index contributed by atoms with van der Waals surface area (Å²) in [6, 6.07) is 18.0. The van der Waals surface area contributed by atoms with Gasteiger partial charge >= 0.3 is 0 Å². The van der Waals surface area contributed by atoms with Gasteiger partial charge < -0.3 is 15.0 Å². The molecule has 2 saturated heterocycles. The molecule has 0 radical (unpaired) electrons. The maximum absolute atomic E-state index is 13.4. The fraction of sp³-hybridized carbons (Fsp3) is 0.543. The second-order valence-corrected chi connectivity index (χ2v) is 18.6. The predicted molar refractivity (Wildman–Crippen MR) is 216 cm³/mol. The zero-order valence-corrected chi connectivity index (χ0v) is 32.6. The van der Waals surface area contributed by atoms with E-state index >= 15 is 0 Å². The normalized spacial score (nSPS) is 26.8. The number of hydrogen-bond acceptors (Lipinski definition) is 6. The molecule has 5 aliphatic heterocycles. The Morgan fingerprint density at radius 2 is 1.69 bits per heavy atom. The van der Waals surface area contributed by atoms with Gasteiger partial charge in [-0.05, 0) is 131 Å². The maximum atomic E-state index is 13.4. The number of amides is 1. The molecule has 286 valence electrons. The van der Waals surface area contributed by atoms with Crippen molar-refractivity contribution >= 4 is 28.4 Å².